The third kappa shape index (κ3) is 2.20. The van der Waals surface area contributed by atoms with E-state index in [9.17, 15) is 30.7 Å². The maximum Gasteiger partial charge on any atom is 0.422 e. The number of hydrogen-bond donors (Lipinski definition) is 1. The van der Waals surface area contributed by atoms with Gasteiger partial charge in [0.05, 0.1) is 5.56 Å². The summed E-state index contributed by atoms with van der Waals surface area (Å²) in [6.07, 6.45) is -10.6. The van der Waals surface area contributed by atoms with Crippen LogP contribution in [0.15, 0.2) is 12.1 Å². The number of aromatic hydroxyl groups is 1. The molecule has 1 aromatic carbocycles. The van der Waals surface area contributed by atoms with Crippen LogP contribution in [0.4, 0.5) is 30.7 Å². The number of phenols is 1. The van der Waals surface area contributed by atoms with Crippen LogP contribution in [0.2, 0.25) is 0 Å². The zero-order chi connectivity index (χ0) is 12.7. The summed E-state index contributed by atoms with van der Waals surface area (Å²) < 4.78 is 85.4. The molecule has 0 saturated carbocycles. The van der Waals surface area contributed by atoms with E-state index in [2.05, 4.69) is 0 Å². The molecule has 0 bridgehead atoms. The molecule has 0 saturated heterocycles. The molecule has 1 rings (SSSR count). The van der Waals surface area contributed by atoms with E-state index in [4.69, 9.17) is 5.11 Å². The fraction of sp³-hybridized carbons (Fsp3) is 0.250. The van der Waals surface area contributed by atoms with Gasteiger partial charge in [0, 0.05) is 0 Å². The number of hydrogen-bond acceptors (Lipinski definition) is 1. The van der Waals surface area contributed by atoms with Gasteiger partial charge in [-0.3, -0.25) is 0 Å². The Kier molecular flexibility index (Phi) is 2.78. The summed E-state index contributed by atoms with van der Waals surface area (Å²) in [4.78, 5) is 0. The normalized spacial score (nSPS) is 12.9. The van der Waals surface area contributed by atoms with Crippen molar-refractivity contribution in [1.29, 1.82) is 0 Å². The maximum absolute atomic E-state index is 12.9. The lowest BCUT2D eigenvalue weighted by atomic mass is 10.1. The highest BCUT2D eigenvalue weighted by molar-refractivity contribution is 5.40. The maximum atomic E-state index is 12.9. The first kappa shape index (κ1) is 12.6. The fourth-order valence-electron chi connectivity index (χ4n) is 1.05. The Morgan fingerprint density at radius 2 is 1.38 bits per heavy atom. The number of alkyl halides is 6. The van der Waals surface area contributed by atoms with Crippen LogP contribution in [0.5, 0.6) is 5.75 Å². The second-order valence-electron chi connectivity index (χ2n) is 2.82. The summed E-state index contributed by atoms with van der Waals surface area (Å²) in [5.41, 5.74) is -4.39. The van der Waals surface area contributed by atoms with Gasteiger partial charge >= 0.3 is 12.4 Å². The summed E-state index contributed by atoms with van der Waals surface area (Å²) >= 11 is 0. The third-order valence-electron chi connectivity index (χ3n) is 1.71. The molecule has 0 heterocycles. The highest BCUT2D eigenvalue weighted by Gasteiger charge is 2.43. The van der Waals surface area contributed by atoms with Crippen LogP contribution >= 0.6 is 0 Å². The number of halogens is 7. The van der Waals surface area contributed by atoms with E-state index in [1.807, 2.05) is 0 Å². The average Bonchev–Trinajstić information content (AvgIpc) is 1.97. The standard InChI is InChI=1S/C8H3F7O/c9-6-3(7(10,11)12)1-2-4(16)5(6)8(13,14)15/h1-2,16H. The van der Waals surface area contributed by atoms with E-state index in [-0.39, 0.29) is 12.1 Å². The molecule has 1 nitrogen and oxygen atoms in total. The molecular weight excluding hydrogens is 245 g/mol. The molecule has 1 aromatic rings. The fourth-order valence-corrected chi connectivity index (χ4v) is 1.05. The van der Waals surface area contributed by atoms with Crippen molar-refractivity contribution in [1.82, 2.24) is 0 Å². The molecular formula is C8H3F7O. The number of rotatable bonds is 0. The van der Waals surface area contributed by atoms with Crippen LogP contribution in [0.3, 0.4) is 0 Å². The Morgan fingerprint density at radius 3 is 1.75 bits per heavy atom. The van der Waals surface area contributed by atoms with Crippen LogP contribution in [-0.2, 0) is 12.4 Å². The molecule has 0 radical (unpaired) electrons. The van der Waals surface area contributed by atoms with Gasteiger partial charge in [0.1, 0.15) is 11.3 Å². The Hall–Kier alpha value is -1.47. The van der Waals surface area contributed by atoms with Crippen molar-refractivity contribution < 1.29 is 35.8 Å². The van der Waals surface area contributed by atoms with Gasteiger partial charge < -0.3 is 5.11 Å². The van der Waals surface area contributed by atoms with Crippen molar-refractivity contribution in [2.24, 2.45) is 0 Å². The Balaban J connectivity index is 3.52. The molecule has 0 atom stereocenters. The molecule has 16 heavy (non-hydrogen) atoms. The van der Waals surface area contributed by atoms with Crippen LogP contribution < -0.4 is 0 Å². The Labute approximate surface area is 84.1 Å². The lowest BCUT2D eigenvalue weighted by Gasteiger charge is -2.14. The van der Waals surface area contributed by atoms with Gasteiger partial charge in [-0.25, -0.2) is 4.39 Å². The van der Waals surface area contributed by atoms with Crippen molar-refractivity contribution in [3.8, 4) is 5.75 Å². The van der Waals surface area contributed by atoms with E-state index in [0.717, 1.165) is 0 Å². The van der Waals surface area contributed by atoms with Crippen LogP contribution in [0, 0.1) is 5.82 Å². The van der Waals surface area contributed by atoms with Crippen molar-refractivity contribution in [2.75, 3.05) is 0 Å². The van der Waals surface area contributed by atoms with Gasteiger partial charge in [-0.2, -0.15) is 26.3 Å². The highest BCUT2D eigenvalue weighted by atomic mass is 19.4. The molecule has 0 amide bonds. The molecule has 0 fully saturated rings. The molecule has 1 N–H and O–H groups in total. The first-order valence-electron chi connectivity index (χ1n) is 3.71. The predicted molar refractivity (Wildman–Crippen MR) is 38.1 cm³/mol. The van der Waals surface area contributed by atoms with Gasteiger partial charge in [0.2, 0.25) is 0 Å². The molecule has 0 unspecified atom stereocenters. The van der Waals surface area contributed by atoms with Crippen LogP contribution in [0.1, 0.15) is 11.1 Å². The van der Waals surface area contributed by atoms with Gasteiger partial charge in [0.25, 0.3) is 0 Å². The molecule has 0 aliphatic rings. The molecule has 0 aromatic heterocycles. The van der Waals surface area contributed by atoms with E-state index in [1.165, 1.54) is 0 Å². The molecule has 90 valence electrons. The lowest BCUT2D eigenvalue weighted by Crippen LogP contribution is -2.15. The predicted octanol–water partition coefficient (Wildman–Crippen LogP) is 3.57. The average molecular weight is 248 g/mol. The number of benzene rings is 1. The van der Waals surface area contributed by atoms with Gasteiger partial charge in [-0.1, -0.05) is 0 Å². The van der Waals surface area contributed by atoms with E-state index in [1.54, 1.807) is 0 Å². The summed E-state index contributed by atoms with van der Waals surface area (Å²) in [6, 6.07) is 0.189. The second kappa shape index (κ2) is 3.53. The van der Waals surface area contributed by atoms with Crippen molar-refractivity contribution >= 4 is 0 Å². The Bertz CT molecular complexity index is 404. The summed E-state index contributed by atoms with van der Waals surface area (Å²) in [7, 11) is 0. The minimum absolute atomic E-state index is 0.0416. The minimum Gasteiger partial charge on any atom is -0.507 e. The van der Waals surface area contributed by atoms with Crippen LogP contribution in [-0.4, -0.2) is 5.11 Å². The largest absolute Gasteiger partial charge is 0.507 e. The second-order valence-corrected chi connectivity index (χ2v) is 2.82. The minimum atomic E-state index is -5.39. The van der Waals surface area contributed by atoms with E-state index >= 15 is 0 Å². The van der Waals surface area contributed by atoms with Crippen molar-refractivity contribution in [3.05, 3.63) is 29.1 Å². The smallest absolute Gasteiger partial charge is 0.422 e. The SMILES string of the molecule is Oc1ccc(C(F)(F)F)c(F)c1C(F)(F)F. The summed E-state index contributed by atoms with van der Waals surface area (Å²) in [5.74, 6) is -4.11. The van der Waals surface area contributed by atoms with Crippen LogP contribution in [0.25, 0.3) is 0 Å². The van der Waals surface area contributed by atoms with E-state index in [0.29, 0.717) is 0 Å². The third-order valence-corrected chi connectivity index (χ3v) is 1.71. The highest BCUT2D eigenvalue weighted by Crippen LogP contribution is 2.42. The number of phenolic OH excluding ortho intramolecular Hbond substituents is 1. The first-order valence-corrected chi connectivity index (χ1v) is 3.71. The monoisotopic (exact) mass is 248 g/mol. The molecule has 0 aliphatic carbocycles. The van der Waals surface area contributed by atoms with Gasteiger partial charge in [-0.15, -0.1) is 0 Å². The van der Waals surface area contributed by atoms with Gasteiger partial charge in [0.15, 0.2) is 5.82 Å². The van der Waals surface area contributed by atoms with Gasteiger partial charge in [-0.05, 0) is 12.1 Å². The van der Waals surface area contributed by atoms with Crippen molar-refractivity contribution in [2.45, 2.75) is 12.4 Å². The topological polar surface area (TPSA) is 20.2 Å². The summed E-state index contributed by atoms with van der Waals surface area (Å²) in [6.45, 7) is 0. The quantitative estimate of drug-likeness (QED) is 0.696. The molecule has 8 heteroatoms. The lowest BCUT2D eigenvalue weighted by molar-refractivity contribution is -0.148. The Morgan fingerprint density at radius 1 is 0.875 bits per heavy atom. The molecule has 0 aliphatic heterocycles. The molecule has 0 spiro atoms. The zero-order valence-corrected chi connectivity index (χ0v) is 7.25. The van der Waals surface area contributed by atoms with E-state index < -0.39 is 35.0 Å². The van der Waals surface area contributed by atoms with Crippen molar-refractivity contribution in [3.63, 3.8) is 0 Å². The zero-order valence-electron chi connectivity index (χ0n) is 7.25. The summed E-state index contributed by atoms with van der Waals surface area (Å²) in [5, 5.41) is 8.69. The first-order chi connectivity index (χ1) is 7.05.